The van der Waals surface area contributed by atoms with Crippen molar-refractivity contribution >= 4 is 40.6 Å². The summed E-state index contributed by atoms with van der Waals surface area (Å²) in [6.07, 6.45) is 0. The smallest absolute Gasteiger partial charge is 0.244 e. The van der Waals surface area contributed by atoms with Gasteiger partial charge in [0.2, 0.25) is 5.91 Å². The molecule has 0 radical (unpaired) electrons. The standard InChI is InChI=1S/C18H24Cl2N8O2/c1-11-16(20)17(18(21)23-25-22)24-28(11)10-15(29)27-7-5-26(6-8-27)12-3-4-13(19)14(9-12)30-2/h3-4,9,25H,5-8,10,22H2,1-2H3,(H2,21,23). The quantitative estimate of drug-likeness (QED) is 0.256. The number of piperazine rings is 1. The molecular weight excluding hydrogens is 431 g/mol. The Hall–Kier alpha value is -2.69. The third kappa shape index (κ3) is 4.55. The van der Waals surface area contributed by atoms with Crippen molar-refractivity contribution in [2.24, 2.45) is 16.7 Å². The molecule has 1 aromatic heterocycles. The van der Waals surface area contributed by atoms with Crippen molar-refractivity contribution in [2.45, 2.75) is 13.5 Å². The van der Waals surface area contributed by atoms with Crippen LogP contribution in [0, 0.1) is 6.92 Å². The van der Waals surface area contributed by atoms with Crippen LogP contribution in [0.15, 0.2) is 23.3 Å². The number of nitrogens with one attached hydrogen (secondary N) is 1. The SMILES string of the molecule is COc1cc(N2CCN(C(=O)Cn3nc(/C(N)=N/NN)c(Cl)c3C)CC2)ccc1Cl. The molecule has 162 valence electrons. The summed E-state index contributed by atoms with van der Waals surface area (Å²) in [7, 11) is 1.59. The number of hydrazone groups is 1. The van der Waals surface area contributed by atoms with Crippen LogP contribution in [0.2, 0.25) is 10.0 Å². The number of aromatic nitrogens is 2. The highest BCUT2D eigenvalue weighted by Gasteiger charge is 2.24. The first-order valence-corrected chi connectivity index (χ1v) is 9.99. The lowest BCUT2D eigenvalue weighted by atomic mass is 10.2. The number of hydrogen-bond donors (Lipinski definition) is 3. The van der Waals surface area contributed by atoms with Crippen LogP contribution < -0.4 is 26.7 Å². The molecule has 0 aliphatic carbocycles. The Morgan fingerprint density at radius 2 is 2.00 bits per heavy atom. The van der Waals surface area contributed by atoms with Crippen LogP contribution in [-0.4, -0.2) is 59.7 Å². The van der Waals surface area contributed by atoms with E-state index in [4.69, 9.17) is 39.5 Å². The fourth-order valence-corrected chi connectivity index (χ4v) is 3.68. The first-order chi connectivity index (χ1) is 14.3. The number of carbonyl (C=O) groups is 1. The first-order valence-electron chi connectivity index (χ1n) is 9.24. The molecule has 1 fully saturated rings. The molecule has 1 saturated heterocycles. The number of methoxy groups -OCH3 is 1. The van der Waals surface area contributed by atoms with Gasteiger partial charge in [0, 0.05) is 37.9 Å². The molecule has 0 atom stereocenters. The minimum Gasteiger partial charge on any atom is -0.495 e. The van der Waals surface area contributed by atoms with Gasteiger partial charge in [-0.2, -0.15) is 5.10 Å². The number of amides is 1. The maximum Gasteiger partial charge on any atom is 0.244 e. The van der Waals surface area contributed by atoms with E-state index in [0.29, 0.717) is 47.7 Å². The number of halogens is 2. The van der Waals surface area contributed by atoms with Crippen LogP contribution in [0.1, 0.15) is 11.4 Å². The fourth-order valence-electron chi connectivity index (χ4n) is 3.25. The van der Waals surface area contributed by atoms with Crippen molar-refractivity contribution in [2.75, 3.05) is 38.2 Å². The molecule has 2 heterocycles. The maximum absolute atomic E-state index is 12.8. The van der Waals surface area contributed by atoms with Crippen molar-refractivity contribution in [3.8, 4) is 5.75 Å². The van der Waals surface area contributed by atoms with Crippen molar-refractivity contribution in [3.63, 3.8) is 0 Å². The third-order valence-corrected chi connectivity index (χ3v) is 5.74. The van der Waals surface area contributed by atoms with Gasteiger partial charge in [0.25, 0.3) is 0 Å². The van der Waals surface area contributed by atoms with Gasteiger partial charge in [-0.05, 0) is 19.1 Å². The number of hydrogen-bond acceptors (Lipinski definition) is 7. The van der Waals surface area contributed by atoms with Crippen LogP contribution >= 0.6 is 23.2 Å². The predicted molar refractivity (Wildman–Crippen MR) is 117 cm³/mol. The van der Waals surface area contributed by atoms with Gasteiger partial charge in [-0.3, -0.25) is 9.48 Å². The molecule has 1 aliphatic heterocycles. The van der Waals surface area contributed by atoms with Crippen molar-refractivity contribution in [1.82, 2.24) is 20.2 Å². The number of benzene rings is 1. The monoisotopic (exact) mass is 454 g/mol. The lowest BCUT2D eigenvalue weighted by Gasteiger charge is -2.36. The molecular formula is C18H24Cl2N8O2. The summed E-state index contributed by atoms with van der Waals surface area (Å²) in [4.78, 5) is 16.8. The highest BCUT2D eigenvalue weighted by molar-refractivity contribution is 6.34. The predicted octanol–water partition coefficient (Wildman–Crippen LogP) is 0.939. The summed E-state index contributed by atoms with van der Waals surface area (Å²) in [5.74, 6) is 5.76. The first kappa shape index (κ1) is 22.0. The van der Waals surface area contributed by atoms with Gasteiger partial charge < -0.3 is 20.3 Å². The van der Waals surface area contributed by atoms with Crippen LogP contribution in [0.25, 0.3) is 0 Å². The van der Waals surface area contributed by atoms with Crippen molar-refractivity contribution < 1.29 is 9.53 Å². The molecule has 0 saturated carbocycles. The Bertz CT molecular complexity index is 954. The second-order valence-corrected chi connectivity index (χ2v) is 7.50. The molecule has 10 nitrogen and oxygen atoms in total. The highest BCUT2D eigenvalue weighted by atomic mass is 35.5. The number of hydrazine groups is 1. The third-order valence-electron chi connectivity index (χ3n) is 4.98. The summed E-state index contributed by atoms with van der Waals surface area (Å²) < 4.78 is 6.81. The van der Waals surface area contributed by atoms with Crippen LogP contribution in [0.3, 0.4) is 0 Å². The van der Waals surface area contributed by atoms with E-state index in [-0.39, 0.29) is 24.0 Å². The van der Waals surface area contributed by atoms with E-state index in [1.165, 1.54) is 4.68 Å². The lowest BCUT2D eigenvalue weighted by Crippen LogP contribution is -2.49. The Labute approximate surface area is 184 Å². The van der Waals surface area contributed by atoms with Gasteiger partial charge in [0.1, 0.15) is 18.0 Å². The van der Waals surface area contributed by atoms with E-state index in [2.05, 4.69) is 20.6 Å². The van der Waals surface area contributed by atoms with Gasteiger partial charge in [-0.15, -0.1) is 5.10 Å². The van der Waals surface area contributed by atoms with Gasteiger partial charge in [-0.25, -0.2) is 11.4 Å². The van der Waals surface area contributed by atoms with Gasteiger partial charge >= 0.3 is 0 Å². The molecule has 0 spiro atoms. The average Bonchev–Trinajstić information content (AvgIpc) is 3.03. The number of rotatable bonds is 6. The Kier molecular flexibility index (Phi) is 6.91. The van der Waals surface area contributed by atoms with Crippen molar-refractivity contribution in [1.29, 1.82) is 0 Å². The number of carbonyl (C=O) groups excluding carboxylic acids is 1. The Morgan fingerprint density at radius 1 is 1.30 bits per heavy atom. The molecule has 0 unspecified atom stereocenters. The zero-order chi connectivity index (χ0) is 21.8. The molecule has 1 aromatic carbocycles. The summed E-state index contributed by atoms with van der Waals surface area (Å²) in [5.41, 5.74) is 9.81. The largest absolute Gasteiger partial charge is 0.495 e. The Morgan fingerprint density at radius 3 is 2.63 bits per heavy atom. The number of nitrogens with two attached hydrogens (primary N) is 2. The normalized spacial score (nSPS) is 14.8. The second-order valence-electron chi connectivity index (χ2n) is 6.72. The fraction of sp³-hybridized carbons (Fsp3) is 0.389. The van der Waals surface area contributed by atoms with E-state index >= 15 is 0 Å². The maximum atomic E-state index is 12.8. The molecule has 3 rings (SSSR count). The number of nitrogens with zero attached hydrogens (tertiary/aromatic N) is 5. The van der Waals surface area contributed by atoms with E-state index in [1.54, 1.807) is 18.9 Å². The molecule has 30 heavy (non-hydrogen) atoms. The van der Waals surface area contributed by atoms with Gasteiger partial charge in [-0.1, -0.05) is 23.2 Å². The highest BCUT2D eigenvalue weighted by Crippen LogP contribution is 2.30. The second kappa shape index (κ2) is 9.41. The molecule has 5 N–H and O–H groups in total. The van der Waals surface area contributed by atoms with Gasteiger partial charge in [0.15, 0.2) is 5.84 Å². The topological polar surface area (TPSA) is 127 Å². The Balaban J connectivity index is 1.64. The average molecular weight is 455 g/mol. The van der Waals surface area contributed by atoms with E-state index in [0.717, 1.165) is 5.69 Å². The molecule has 1 aliphatic rings. The molecule has 2 aromatic rings. The molecule has 1 amide bonds. The van der Waals surface area contributed by atoms with Crippen molar-refractivity contribution in [3.05, 3.63) is 39.6 Å². The van der Waals surface area contributed by atoms with Crippen LogP contribution in [0.5, 0.6) is 5.75 Å². The van der Waals surface area contributed by atoms with E-state index in [1.807, 2.05) is 18.2 Å². The molecule has 0 bridgehead atoms. The zero-order valence-electron chi connectivity index (χ0n) is 16.7. The van der Waals surface area contributed by atoms with Gasteiger partial charge in [0.05, 0.1) is 22.8 Å². The van der Waals surface area contributed by atoms with Crippen LogP contribution in [-0.2, 0) is 11.3 Å². The number of anilines is 1. The minimum absolute atomic E-state index is 0.0452. The summed E-state index contributed by atoms with van der Waals surface area (Å²) in [6, 6.07) is 5.66. The number of amidine groups is 1. The summed E-state index contributed by atoms with van der Waals surface area (Å²) >= 11 is 12.4. The summed E-state index contributed by atoms with van der Waals surface area (Å²) in [5, 5.41) is 8.88. The number of ether oxygens (including phenoxy) is 1. The summed E-state index contributed by atoms with van der Waals surface area (Å²) in [6.45, 7) is 4.40. The van der Waals surface area contributed by atoms with E-state index in [9.17, 15) is 4.79 Å². The minimum atomic E-state index is -0.0513. The molecule has 12 heteroatoms. The lowest BCUT2D eigenvalue weighted by molar-refractivity contribution is -0.132. The van der Waals surface area contributed by atoms with E-state index < -0.39 is 0 Å². The van der Waals surface area contributed by atoms with Crippen LogP contribution in [0.4, 0.5) is 5.69 Å². The zero-order valence-corrected chi connectivity index (χ0v) is 18.2.